The van der Waals surface area contributed by atoms with Gasteiger partial charge in [0.25, 0.3) is 0 Å². The van der Waals surface area contributed by atoms with Crippen LogP contribution >= 0.6 is 23.2 Å². The molecule has 0 unspecified atom stereocenters. The number of carbonyl (C=O) groups excluding carboxylic acids is 1. The molecular weight excluding hydrogens is 297 g/mol. The van der Waals surface area contributed by atoms with Gasteiger partial charge in [-0.2, -0.15) is 0 Å². The highest BCUT2D eigenvalue weighted by Gasteiger charge is 2.32. The standard InChI is InChI=1S/C15H19Cl2NO2/c1-9-13-10(7-11(16)8-12(13)17)5-6-18(9)14(19)20-15(2,3)4/h7-9H,5-6H2,1-4H3/t9-/m0/s1. The molecule has 0 spiro atoms. The molecule has 0 saturated heterocycles. The van der Waals surface area contributed by atoms with Crippen LogP contribution in [-0.4, -0.2) is 23.1 Å². The van der Waals surface area contributed by atoms with Crippen LogP contribution in [0.3, 0.4) is 0 Å². The van der Waals surface area contributed by atoms with E-state index in [4.69, 9.17) is 27.9 Å². The van der Waals surface area contributed by atoms with Crippen LogP contribution in [0.25, 0.3) is 0 Å². The summed E-state index contributed by atoms with van der Waals surface area (Å²) >= 11 is 12.3. The summed E-state index contributed by atoms with van der Waals surface area (Å²) in [5.41, 5.74) is 1.57. The molecule has 0 fully saturated rings. The van der Waals surface area contributed by atoms with Gasteiger partial charge < -0.3 is 9.64 Å². The highest BCUT2D eigenvalue weighted by molar-refractivity contribution is 6.35. The Bertz CT molecular complexity index is 537. The van der Waals surface area contributed by atoms with Gasteiger partial charge in [0.2, 0.25) is 0 Å². The number of rotatable bonds is 0. The number of benzene rings is 1. The molecule has 0 bridgehead atoms. The Balaban J connectivity index is 2.28. The minimum atomic E-state index is -0.499. The van der Waals surface area contributed by atoms with Gasteiger partial charge in [0.1, 0.15) is 5.60 Å². The van der Waals surface area contributed by atoms with Crippen molar-refractivity contribution in [2.24, 2.45) is 0 Å². The van der Waals surface area contributed by atoms with Crippen molar-refractivity contribution in [3.8, 4) is 0 Å². The lowest BCUT2D eigenvalue weighted by atomic mass is 9.94. The second kappa shape index (κ2) is 5.45. The number of hydrogen-bond donors (Lipinski definition) is 0. The van der Waals surface area contributed by atoms with Gasteiger partial charge in [-0.3, -0.25) is 0 Å². The van der Waals surface area contributed by atoms with E-state index in [1.807, 2.05) is 33.8 Å². The smallest absolute Gasteiger partial charge is 0.410 e. The molecule has 0 N–H and O–H groups in total. The number of amides is 1. The number of hydrogen-bond acceptors (Lipinski definition) is 2. The molecule has 110 valence electrons. The summed E-state index contributed by atoms with van der Waals surface area (Å²) in [7, 11) is 0. The molecule has 0 radical (unpaired) electrons. The molecule has 1 aromatic rings. The van der Waals surface area contributed by atoms with Crippen LogP contribution in [0.1, 0.15) is 44.9 Å². The zero-order valence-corrected chi connectivity index (χ0v) is 13.7. The summed E-state index contributed by atoms with van der Waals surface area (Å²) in [6, 6.07) is 3.53. The number of ether oxygens (including phenoxy) is 1. The number of nitrogens with zero attached hydrogens (tertiary/aromatic N) is 1. The molecule has 1 amide bonds. The van der Waals surface area contributed by atoms with Crippen LogP contribution < -0.4 is 0 Å². The molecule has 1 aromatic carbocycles. The zero-order valence-electron chi connectivity index (χ0n) is 12.2. The van der Waals surface area contributed by atoms with Crippen LogP contribution in [0, 0.1) is 0 Å². The highest BCUT2D eigenvalue weighted by atomic mass is 35.5. The van der Waals surface area contributed by atoms with Gasteiger partial charge in [0.05, 0.1) is 6.04 Å². The Morgan fingerprint density at radius 3 is 2.60 bits per heavy atom. The maximum atomic E-state index is 12.2. The van der Waals surface area contributed by atoms with Gasteiger partial charge in [-0.05, 0) is 57.4 Å². The van der Waals surface area contributed by atoms with E-state index in [9.17, 15) is 4.79 Å². The fourth-order valence-corrected chi connectivity index (χ4v) is 3.17. The molecule has 1 aliphatic heterocycles. The van der Waals surface area contributed by atoms with Crippen molar-refractivity contribution in [2.45, 2.75) is 45.8 Å². The van der Waals surface area contributed by atoms with Crippen molar-refractivity contribution >= 4 is 29.3 Å². The average Bonchev–Trinajstić information content (AvgIpc) is 2.25. The molecular formula is C15H19Cl2NO2. The van der Waals surface area contributed by atoms with Gasteiger partial charge in [0.15, 0.2) is 0 Å². The van der Waals surface area contributed by atoms with Crippen LogP contribution in [0.4, 0.5) is 4.79 Å². The third-order valence-electron chi connectivity index (χ3n) is 3.32. The summed E-state index contributed by atoms with van der Waals surface area (Å²) in [5.74, 6) is 0. The lowest BCUT2D eigenvalue weighted by Gasteiger charge is -2.36. The SMILES string of the molecule is C[C@H]1c2c(Cl)cc(Cl)cc2CCN1C(=O)OC(C)(C)C. The van der Waals surface area contributed by atoms with Crippen molar-refractivity contribution in [1.29, 1.82) is 0 Å². The Hall–Kier alpha value is -0.930. The highest BCUT2D eigenvalue weighted by Crippen LogP contribution is 2.37. The van der Waals surface area contributed by atoms with E-state index in [0.29, 0.717) is 16.6 Å². The van der Waals surface area contributed by atoms with E-state index >= 15 is 0 Å². The summed E-state index contributed by atoms with van der Waals surface area (Å²) in [5, 5.41) is 1.24. The first-order valence-electron chi connectivity index (χ1n) is 6.66. The van der Waals surface area contributed by atoms with Crippen LogP contribution in [-0.2, 0) is 11.2 Å². The fraction of sp³-hybridized carbons (Fsp3) is 0.533. The predicted molar refractivity (Wildman–Crippen MR) is 81.5 cm³/mol. The molecule has 20 heavy (non-hydrogen) atoms. The van der Waals surface area contributed by atoms with Crippen molar-refractivity contribution in [1.82, 2.24) is 4.90 Å². The van der Waals surface area contributed by atoms with E-state index in [1.165, 1.54) is 0 Å². The van der Waals surface area contributed by atoms with Crippen LogP contribution in [0.15, 0.2) is 12.1 Å². The van der Waals surface area contributed by atoms with Crippen molar-refractivity contribution < 1.29 is 9.53 Å². The monoisotopic (exact) mass is 315 g/mol. The molecule has 1 atom stereocenters. The third-order valence-corrected chi connectivity index (χ3v) is 3.85. The number of halogens is 2. The summed E-state index contributed by atoms with van der Waals surface area (Å²) in [6.07, 6.45) is 0.431. The molecule has 1 heterocycles. The van der Waals surface area contributed by atoms with E-state index in [2.05, 4.69) is 0 Å². The first-order chi connectivity index (χ1) is 9.19. The largest absolute Gasteiger partial charge is 0.444 e. The maximum absolute atomic E-state index is 12.2. The predicted octanol–water partition coefficient (Wildman–Crippen LogP) is 4.85. The molecule has 0 saturated carbocycles. The molecule has 3 nitrogen and oxygen atoms in total. The van der Waals surface area contributed by atoms with Gasteiger partial charge in [-0.15, -0.1) is 0 Å². The molecule has 0 aromatic heterocycles. The van der Waals surface area contributed by atoms with E-state index in [1.54, 1.807) is 11.0 Å². The number of carbonyl (C=O) groups is 1. The average molecular weight is 316 g/mol. The van der Waals surface area contributed by atoms with Gasteiger partial charge in [-0.25, -0.2) is 4.79 Å². The third kappa shape index (κ3) is 3.21. The zero-order chi connectivity index (χ0) is 15.1. The van der Waals surface area contributed by atoms with Gasteiger partial charge in [-0.1, -0.05) is 23.2 Å². The molecule has 1 aliphatic rings. The topological polar surface area (TPSA) is 29.5 Å². The quantitative estimate of drug-likeness (QED) is 0.685. The summed E-state index contributed by atoms with van der Waals surface area (Å²) < 4.78 is 5.44. The van der Waals surface area contributed by atoms with Crippen molar-refractivity contribution in [3.05, 3.63) is 33.3 Å². The Morgan fingerprint density at radius 2 is 2.00 bits per heavy atom. The summed E-state index contributed by atoms with van der Waals surface area (Å²) in [4.78, 5) is 14.0. The second-order valence-electron chi connectivity index (χ2n) is 6.06. The summed E-state index contributed by atoms with van der Waals surface area (Å²) in [6.45, 7) is 8.15. The molecule has 2 rings (SSSR count). The lowest BCUT2D eigenvalue weighted by molar-refractivity contribution is 0.0160. The van der Waals surface area contributed by atoms with Gasteiger partial charge >= 0.3 is 6.09 Å². The lowest BCUT2D eigenvalue weighted by Crippen LogP contribution is -2.42. The molecule has 0 aliphatic carbocycles. The van der Waals surface area contributed by atoms with E-state index in [-0.39, 0.29) is 12.1 Å². The Labute approximate surface area is 129 Å². The van der Waals surface area contributed by atoms with Crippen LogP contribution in [0.5, 0.6) is 0 Å². The van der Waals surface area contributed by atoms with E-state index < -0.39 is 5.60 Å². The Morgan fingerprint density at radius 1 is 1.35 bits per heavy atom. The second-order valence-corrected chi connectivity index (χ2v) is 6.90. The number of fused-ring (bicyclic) bond motifs is 1. The van der Waals surface area contributed by atoms with Crippen molar-refractivity contribution in [2.75, 3.05) is 6.54 Å². The Kier molecular flexibility index (Phi) is 4.22. The normalized spacial score (nSPS) is 18.7. The van der Waals surface area contributed by atoms with E-state index in [0.717, 1.165) is 17.5 Å². The first-order valence-corrected chi connectivity index (χ1v) is 7.42. The maximum Gasteiger partial charge on any atom is 0.410 e. The first kappa shape index (κ1) is 15.5. The minimum Gasteiger partial charge on any atom is -0.444 e. The van der Waals surface area contributed by atoms with Crippen molar-refractivity contribution in [3.63, 3.8) is 0 Å². The minimum absolute atomic E-state index is 0.113. The van der Waals surface area contributed by atoms with Gasteiger partial charge in [0, 0.05) is 16.6 Å². The molecule has 5 heteroatoms. The fourth-order valence-electron chi connectivity index (χ4n) is 2.47. The van der Waals surface area contributed by atoms with Crippen LogP contribution in [0.2, 0.25) is 10.0 Å².